The summed E-state index contributed by atoms with van der Waals surface area (Å²) in [5.74, 6) is -1.11. The lowest BCUT2D eigenvalue weighted by Crippen LogP contribution is -2.47. The number of amides is 2. The highest BCUT2D eigenvalue weighted by Gasteiger charge is 2.23. The Hall–Kier alpha value is -3.08. The van der Waals surface area contributed by atoms with Crippen LogP contribution in [0.2, 0.25) is 0 Å². The molecule has 0 fully saturated rings. The summed E-state index contributed by atoms with van der Waals surface area (Å²) in [6.07, 6.45) is -0.0128. The molecule has 0 atom stereocenters. The molecule has 0 saturated carbocycles. The molecule has 0 saturated heterocycles. The molecule has 3 aromatic rings. The fourth-order valence-corrected chi connectivity index (χ4v) is 4.62. The highest BCUT2D eigenvalue weighted by Crippen LogP contribution is 2.23. The Balaban J connectivity index is 1.49. The van der Waals surface area contributed by atoms with E-state index < -0.39 is 28.4 Å². The monoisotopic (exact) mass is 458 g/mol. The predicted molar refractivity (Wildman–Crippen MR) is 119 cm³/mol. The molecule has 0 aliphatic rings. The van der Waals surface area contributed by atoms with Gasteiger partial charge in [0.1, 0.15) is 5.01 Å². The van der Waals surface area contributed by atoms with E-state index in [0.29, 0.717) is 5.69 Å². The summed E-state index contributed by atoms with van der Waals surface area (Å²) in [5, 5.41) is 2.58. The van der Waals surface area contributed by atoms with Crippen LogP contribution >= 0.6 is 11.3 Å². The van der Waals surface area contributed by atoms with E-state index in [2.05, 4.69) is 15.8 Å². The standard InChI is InChI=1S/C21H22N4O4S2/c1-15-8-10-18(11-9-15)31(28,29)25(2)13-20(27)24-23-19(26)12-17-14-30-21(22-17)16-6-4-3-5-7-16/h3-11,14H,12-13H2,1-2H3,(H,23,26)(H,24,27). The molecule has 162 valence electrons. The lowest BCUT2D eigenvalue weighted by Gasteiger charge is -2.17. The Morgan fingerprint density at radius 1 is 1.00 bits per heavy atom. The molecule has 2 amide bonds. The van der Waals surface area contributed by atoms with Crippen molar-refractivity contribution in [3.05, 3.63) is 71.2 Å². The summed E-state index contributed by atoms with van der Waals surface area (Å²) in [5.41, 5.74) is 6.99. The number of sulfonamides is 1. The van der Waals surface area contributed by atoms with Gasteiger partial charge in [0.2, 0.25) is 15.9 Å². The molecule has 0 spiro atoms. The zero-order valence-corrected chi connectivity index (χ0v) is 18.7. The number of hydrogen-bond donors (Lipinski definition) is 2. The first-order valence-corrected chi connectivity index (χ1v) is 11.7. The minimum Gasteiger partial charge on any atom is -0.273 e. The van der Waals surface area contributed by atoms with Crippen LogP contribution in [0.25, 0.3) is 10.6 Å². The SMILES string of the molecule is Cc1ccc(S(=O)(=O)N(C)CC(=O)NNC(=O)Cc2csc(-c3ccccc3)n2)cc1. The number of hydrazine groups is 1. The van der Waals surface area contributed by atoms with Gasteiger partial charge in [-0.25, -0.2) is 13.4 Å². The van der Waals surface area contributed by atoms with Crippen LogP contribution in [0.1, 0.15) is 11.3 Å². The second kappa shape index (κ2) is 9.82. The van der Waals surface area contributed by atoms with Crippen molar-refractivity contribution in [1.29, 1.82) is 0 Å². The first-order chi connectivity index (χ1) is 14.8. The van der Waals surface area contributed by atoms with Crippen LogP contribution in [-0.4, -0.2) is 43.1 Å². The molecule has 2 N–H and O–H groups in total. The van der Waals surface area contributed by atoms with Gasteiger partial charge in [0.05, 0.1) is 23.6 Å². The Kier molecular flexibility index (Phi) is 7.16. The molecule has 1 aromatic heterocycles. The third-order valence-corrected chi connectivity index (χ3v) is 7.11. The van der Waals surface area contributed by atoms with E-state index in [-0.39, 0.29) is 11.3 Å². The molecular weight excluding hydrogens is 436 g/mol. The number of benzene rings is 2. The molecular formula is C21H22N4O4S2. The molecule has 8 nitrogen and oxygen atoms in total. The number of carbonyl (C=O) groups is 2. The van der Waals surface area contributed by atoms with E-state index in [9.17, 15) is 18.0 Å². The van der Waals surface area contributed by atoms with Crippen molar-refractivity contribution in [3.8, 4) is 10.6 Å². The number of likely N-dealkylation sites (N-methyl/N-ethyl adjacent to an activating group) is 1. The van der Waals surface area contributed by atoms with E-state index >= 15 is 0 Å². The number of aryl methyl sites for hydroxylation is 1. The number of nitrogens with one attached hydrogen (secondary N) is 2. The molecule has 1 heterocycles. The van der Waals surface area contributed by atoms with E-state index in [0.717, 1.165) is 20.4 Å². The Labute approximate surface area is 185 Å². The largest absolute Gasteiger partial charge is 0.273 e. The maximum absolute atomic E-state index is 12.5. The summed E-state index contributed by atoms with van der Waals surface area (Å²) in [7, 11) is -2.51. The van der Waals surface area contributed by atoms with Crippen molar-refractivity contribution in [2.24, 2.45) is 0 Å². The second-order valence-corrected chi connectivity index (χ2v) is 9.76. The van der Waals surface area contributed by atoms with Crippen molar-refractivity contribution in [2.45, 2.75) is 18.2 Å². The summed E-state index contributed by atoms with van der Waals surface area (Å²) in [6, 6.07) is 15.9. The van der Waals surface area contributed by atoms with E-state index in [1.807, 2.05) is 37.3 Å². The molecule has 31 heavy (non-hydrogen) atoms. The smallest absolute Gasteiger partial charge is 0.253 e. The maximum atomic E-state index is 12.5. The minimum absolute atomic E-state index is 0.0128. The van der Waals surface area contributed by atoms with Crippen molar-refractivity contribution < 1.29 is 18.0 Å². The third-order valence-electron chi connectivity index (χ3n) is 4.35. The van der Waals surface area contributed by atoms with Crippen molar-refractivity contribution in [3.63, 3.8) is 0 Å². The highest BCUT2D eigenvalue weighted by atomic mass is 32.2. The second-order valence-electron chi connectivity index (χ2n) is 6.86. The quantitative estimate of drug-likeness (QED) is 0.527. The molecule has 0 bridgehead atoms. The number of rotatable bonds is 7. The van der Waals surface area contributed by atoms with Gasteiger partial charge in [-0.3, -0.25) is 20.4 Å². The van der Waals surface area contributed by atoms with Crippen molar-refractivity contribution in [1.82, 2.24) is 20.1 Å². The number of nitrogens with zero attached hydrogens (tertiary/aromatic N) is 2. The fraction of sp³-hybridized carbons (Fsp3) is 0.190. The van der Waals surface area contributed by atoms with E-state index in [1.54, 1.807) is 17.5 Å². The van der Waals surface area contributed by atoms with E-state index in [4.69, 9.17) is 0 Å². The first kappa shape index (κ1) is 22.6. The van der Waals surface area contributed by atoms with Crippen molar-refractivity contribution in [2.75, 3.05) is 13.6 Å². The lowest BCUT2D eigenvalue weighted by atomic mass is 10.2. The molecule has 3 rings (SSSR count). The van der Waals surface area contributed by atoms with Gasteiger partial charge >= 0.3 is 0 Å². The van der Waals surface area contributed by atoms with Crippen LogP contribution in [-0.2, 0) is 26.0 Å². The fourth-order valence-electron chi connectivity index (χ4n) is 2.67. The van der Waals surface area contributed by atoms with Gasteiger partial charge in [-0.05, 0) is 19.1 Å². The molecule has 10 heteroatoms. The van der Waals surface area contributed by atoms with Gasteiger partial charge in [-0.2, -0.15) is 4.31 Å². The average molecular weight is 459 g/mol. The number of hydrogen-bond acceptors (Lipinski definition) is 6. The summed E-state index contributed by atoms with van der Waals surface area (Å²) < 4.78 is 26.0. The highest BCUT2D eigenvalue weighted by molar-refractivity contribution is 7.89. The average Bonchev–Trinajstić information content (AvgIpc) is 3.21. The number of thiazole rings is 1. The van der Waals surface area contributed by atoms with Crippen LogP contribution < -0.4 is 10.9 Å². The molecule has 0 aliphatic carbocycles. The lowest BCUT2D eigenvalue weighted by molar-refractivity contribution is -0.128. The van der Waals surface area contributed by atoms with Crippen LogP contribution in [0.4, 0.5) is 0 Å². The van der Waals surface area contributed by atoms with Crippen molar-refractivity contribution >= 4 is 33.2 Å². The number of aromatic nitrogens is 1. The van der Waals surface area contributed by atoms with E-state index in [1.165, 1.54) is 30.5 Å². The van der Waals surface area contributed by atoms with Gasteiger partial charge in [-0.1, -0.05) is 48.0 Å². The summed E-state index contributed by atoms with van der Waals surface area (Å²) in [4.78, 5) is 28.7. The maximum Gasteiger partial charge on any atom is 0.253 e. The Morgan fingerprint density at radius 3 is 2.32 bits per heavy atom. The topological polar surface area (TPSA) is 108 Å². The molecule has 0 aliphatic heterocycles. The van der Waals surface area contributed by atoms with Crippen LogP contribution in [0.3, 0.4) is 0 Å². The van der Waals surface area contributed by atoms with Crippen LogP contribution in [0, 0.1) is 6.92 Å². The summed E-state index contributed by atoms with van der Waals surface area (Å²) in [6.45, 7) is 1.41. The summed E-state index contributed by atoms with van der Waals surface area (Å²) >= 11 is 1.43. The minimum atomic E-state index is -3.81. The Morgan fingerprint density at radius 2 is 1.65 bits per heavy atom. The predicted octanol–water partition coefficient (Wildman–Crippen LogP) is 2.13. The normalized spacial score (nSPS) is 11.3. The molecule has 0 radical (unpaired) electrons. The van der Waals surface area contributed by atoms with Gasteiger partial charge in [-0.15, -0.1) is 11.3 Å². The van der Waals surface area contributed by atoms with Gasteiger partial charge in [0.25, 0.3) is 5.91 Å². The van der Waals surface area contributed by atoms with Crippen LogP contribution in [0.15, 0.2) is 64.9 Å². The third kappa shape index (κ3) is 5.97. The first-order valence-electron chi connectivity index (χ1n) is 9.36. The van der Waals surface area contributed by atoms with Gasteiger partial charge < -0.3 is 0 Å². The molecule has 2 aromatic carbocycles. The van der Waals surface area contributed by atoms with Gasteiger partial charge in [0.15, 0.2) is 0 Å². The Bertz CT molecular complexity index is 1160. The van der Waals surface area contributed by atoms with Gasteiger partial charge in [0, 0.05) is 18.0 Å². The number of carbonyl (C=O) groups excluding carboxylic acids is 2. The molecule has 0 unspecified atom stereocenters. The zero-order chi connectivity index (χ0) is 22.4. The zero-order valence-electron chi connectivity index (χ0n) is 17.0. The van der Waals surface area contributed by atoms with Crippen LogP contribution in [0.5, 0.6) is 0 Å².